The van der Waals surface area contributed by atoms with Crippen LogP contribution < -0.4 is 14.8 Å². The van der Waals surface area contributed by atoms with Crippen molar-refractivity contribution in [3.63, 3.8) is 0 Å². The normalized spacial score (nSPS) is 10.1. The van der Waals surface area contributed by atoms with E-state index in [-0.39, 0.29) is 28.7 Å². The number of hydrogen-bond donors (Lipinski definition) is 2. The fraction of sp³-hybridized carbons (Fsp3) is 0.125. The van der Waals surface area contributed by atoms with E-state index in [1.54, 1.807) is 0 Å². The second-order valence-electron chi connectivity index (χ2n) is 4.64. The molecule has 0 aliphatic carbocycles. The fourth-order valence-electron chi connectivity index (χ4n) is 1.85. The van der Waals surface area contributed by atoms with Crippen LogP contribution in [0.3, 0.4) is 0 Å². The Morgan fingerprint density at radius 2 is 1.92 bits per heavy atom. The Hall–Kier alpha value is -2.80. The Balaban J connectivity index is 2.06. The number of carboxylic acid groups (broad SMARTS) is 1. The van der Waals surface area contributed by atoms with E-state index in [0.717, 1.165) is 0 Å². The highest BCUT2D eigenvalue weighted by atomic mass is 35.5. The zero-order chi connectivity index (χ0) is 17.7. The second kappa shape index (κ2) is 7.65. The summed E-state index contributed by atoms with van der Waals surface area (Å²) >= 11 is 5.98. The van der Waals surface area contributed by atoms with E-state index in [9.17, 15) is 14.0 Å². The van der Waals surface area contributed by atoms with Gasteiger partial charge in [0.2, 0.25) is 0 Å². The molecule has 0 atom stereocenters. The lowest BCUT2D eigenvalue weighted by Crippen LogP contribution is -2.20. The molecule has 0 radical (unpaired) electrons. The summed E-state index contributed by atoms with van der Waals surface area (Å²) in [5.41, 5.74) is 0.337. The van der Waals surface area contributed by atoms with Crippen LogP contribution in [0.5, 0.6) is 11.5 Å². The number of carboxylic acids is 1. The van der Waals surface area contributed by atoms with Gasteiger partial charge in [-0.15, -0.1) is 0 Å². The second-order valence-corrected chi connectivity index (χ2v) is 5.05. The molecule has 6 nitrogen and oxygen atoms in total. The van der Waals surface area contributed by atoms with Gasteiger partial charge in [0.25, 0.3) is 5.91 Å². The van der Waals surface area contributed by atoms with Crippen LogP contribution in [0.1, 0.15) is 10.4 Å². The molecule has 2 N–H and O–H groups in total. The number of anilines is 1. The summed E-state index contributed by atoms with van der Waals surface area (Å²) in [6, 6.07) is 7.66. The lowest BCUT2D eigenvalue weighted by atomic mass is 10.2. The topological polar surface area (TPSA) is 84.9 Å². The van der Waals surface area contributed by atoms with Crippen molar-refractivity contribution in [1.29, 1.82) is 0 Å². The minimum absolute atomic E-state index is 0.00123. The minimum Gasteiger partial charge on any atom is -0.493 e. The number of benzene rings is 2. The summed E-state index contributed by atoms with van der Waals surface area (Å²) in [6.07, 6.45) is 0. The molecule has 0 spiro atoms. The quantitative estimate of drug-likeness (QED) is 0.833. The molecule has 0 aliphatic rings. The first-order valence-corrected chi connectivity index (χ1v) is 7.07. The molecule has 0 saturated heterocycles. The van der Waals surface area contributed by atoms with Crippen molar-refractivity contribution in [2.24, 2.45) is 0 Å². The van der Waals surface area contributed by atoms with Crippen molar-refractivity contribution in [3.05, 3.63) is 52.8 Å². The van der Waals surface area contributed by atoms with Crippen LogP contribution in [0, 0.1) is 5.82 Å². The first-order chi connectivity index (χ1) is 11.4. The smallest absolute Gasteiger partial charge is 0.335 e. The summed E-state index contributed by atoms with van der Waals surface area (Å²) < 4.78 is 23.2. The van der Waals surface area contributed by atoms with Gasteiger partial charge in [0, 0.05) is 5.69 Å². The van der Waals surface area contributed by atoms with E-state index in [1.807, 2.05) is 0 Å². The average Bonchev–Trinajstić information content (AvgIpc) is 2.55. The van der Waals surface area contributed by atoms with E-state index >= 15 is 0 Å². The predicted octanol–water partition coefficient (Wildman–Crippen LogP) is 3.20. The van der Waals surface area contributed by atoms with Crippen molar-refractivity contribution in [3.8, 4) is 11.5 Å². The van der Waals surface area contributed by atoms with E-state index in [0.29, 0.717) is 5.69 Å². The standard InChI is InChI=1S/C16H13ClFNO5/c1-23-13-7-9(16(21)22)6-12(17)15(13)24-8-14(20)19-11-4-2-10(18)3-5-11/h2-7H,8H2,1H3,(H,19,20)(H,21,22). The first kappa shape index (κ1) is 17.6. The maximum atomic E-state index is 12.8. The number of halogens is 2. The molecule has 0 heterocycles. The van der Waals surface area contributed by atoms with Crippen molar-refractivity contribution >= 4 is 29.2 Å². The van der Waals surface area contributed by atoms with E-state index in [4.69, 9.17) is 26.2 Å². The van der Waals surface area contributed by atoms with Crippen LogP contribution in [0.15, 0.2) is 36.4 Å². The molecule has 0 bridgehead atoms. The van der Waals surface area contributed by atoms with Gasteiger partial charge < -0.3 is 19.9 Å². The van der Waals surface area contributed by atoms with Crippen molar-refractivity contribution in [2.45, 2.75) is 0 Å². The lowest BCUT2D eigenvalue weighted by Gasteiger charge is -2.13. The van der Waals surface area contributed by atoms with Gasteiger partial charge in [-0.05, 0) is 36.4 Å². The summed E-state index contributed by atoms with van der Waals surface area (Å²) in [4.78, 5) is 22.8. The molecule has 0 aliphatic heterocycles. The molecular weight excluding hydrogens is 341 g/mol. The van der Waals surface area contributed by atoms with Gasteiger partial charge in [0.15, 0.2) is 18.1 Å². The number of hydrogen-bond acceptors (Lipinski definition) is 4. The van der Waals surface area contributed by atoms with Gasteiger partial charge in [-0.1, -0.05) is 11.6 Å². The third-order valence-corrected chi connectivity index (χ3v) is 3.23. The Kier molecular flexibility index (Phi) is 5.59. The van der Waals surface area contributed by atoms with Gasteiger partial charge in [0.1, 0.15) is 5.82 Å². The van der Waals surface area contributed by atoms with E-state index in [1.165, 1.54) is 43.5 Å². The Morgan fingerprint density at radius 1 is 1.25 bits per heavy atom. The molecule has 126 valence electrons. The molecule has 0 saturated carbocycles. The summed E-state index contributed by atoms with van der Waals surface area (Å²) in [5, 5.41) is 11.5. The highest BCUT2D eigenvalue weighted by Crippen LogP contribution is 2.36. The zero-order valence-corrected chi connectivity index (χ0v) is 13.3. The van der Waals surface area contributed by atoms with Gasteiger partial charge in [-0.25, -0.2) is 9.18 Å². The Labute approximate surface area is 141 Å². The number of rotatable bonds is 6. The number of aromatic carboxylic acids is 1. The van der Waals surface area contributed by atoms with Gasteiger partial charge in [-0.2, -0.15) is 0 Å². The van der Waals surface area contributed by atoms with Crippen LogP contribution in [0.2, 0.25) is 5.02 Å². The number of carbonyl (C=O) groups is 2. The maximum absolute atomic E-state index is 12.8. The van der Waals surface area contributed by atoms with Crippen LogP contribution in [-0.4, -0.2) is 30.7 Å². The third kappa shape index (κ3) is 4.36. The fourth-order valence-corrected chi connectivity index (χ4v) is 2.12. The molecule has 8 heteroatoms. The highest BCUT2D eigenvalue weighted by molar-refractivity contribution is 6.32. The first-order valence-electron chi connectivity index (χ1n) is 6.69. The van der Waals surface area contributed by atoms with Gasteiger partial charge in [-0.3, -0.25) is 4.79 Å². The molecule has 0 aromatic heterocycles. The minimum atomic E-state index is -1.17. The predicted molar refractivity (Wildman–Crippen MR) is 85.5 cm³/mol. The van der Waals surface area contributed by atoms with Crippen LogP contribution in [0.4, 0.5) is 10.1 Å². The zero-order valence-electron chi connectivity index (χ0n) is 12.5. The third-order valence-electron chi connectivity index (χ3n) is 2.95. The average molecular weight is 354 g/mol. The highest BCUT2D eigenvalue weighted by Gasteiger charge is 2.16. The largest absolute Gasteiger partial charge is 0.493 e. The van der Waals surface area contributed by atoms with Crippen LogP contribution in [-0.2, 0) is 4.79 Å². The summed E-state index contributed by atoms with van der Waals surface area (Å²) in [6.45, 7) is -0.389. The van der Waals surface area contributed by atoms with Crippen LogP contribution in [0.25, 0.3) is 0 Å². The van der Waals surface area contributed by atoms with Gasteiger partial charge in [0.05, 0.1) is 17.7 Å². The maximum Gasteiger partial charge on any atom is 0.335 e. The van der Waals surface area contributed by atoms with E-state index < -0.39 is 17.7 Å². The Bertz CT molecular complexity index is 764. The van der Waals surface area contributed by atoms with Gasteiger partial charge >= 0.3 is 5.97 Å². The number of nitrogens with one attached hydrogen (secondary N) is 1. The monoisotopic (exact) mass is 353 g/mol. The number of ether oxygens (including phenoxy) is 2. The number of amides is 1. The molecule has 2 rings (SSSR count). The summed E-state index contributed by atoms with van der Waals surface area (Å²) in [5.74, 6) is -1.94. The number of carbonyl (C=O) groups excluding carboxylic acids is 1. The molecule has 2 aromatic carbocycles. The molecule has 1 amide bonds. The molecule has 2 aromatic rings. The van der Waals surface area contributed by atoms with E-state index in [2.05, 4.69) is 5.32 Å². The van der Waals surface area contributed by atoms with Crippen molar-refractivity contribution < 1.29 is 28.6 Å². The molecule has 0 unspecified atom stereocenters. The molecule has 0 fully saturated rings. The summed E-state index contributed by atoms with van der Waals surface area (Å²) in [7, 11) is 1.32. The number of methoxy groups -OCH3 is 1. The molecular formula is C16H13ClFNO5. The molecule has 24 heavy (non-hydrogen) atoms. The van der Waals surface area contributed by atoms with Crippen molar-refractivity contribution in [2.75, 3.05) is 19.0 Å². The van der Waals surface area contributed by atoms with Crippen LogP contribution >= 0.6 is 11.6 Å². The van der Waals surface area contributed by atoms with Crippen molar-refractivity contribution in [1.82, 2.24) is 0 Å². The SMILES string of the molecule is COc1cc(C(=O)O)cc(Cl)c1OCC(=O)Nc1ccc(F)cc1. The lowest BCUT2D eigenvalue weighted by molar-refractivity contribution is -0.118. The Morgan fingerprint density at radius 3 is 2.50 bits per heavy atom.